The molecule has 11 nitrogen and oxygen atoms in total. The molecule has 0 radical (unpaired) electrons. The first kappa shape index (κ1) is 34.0. The third-order valence-electron chi connectivity index (χ3n) is 6.58. The van der Waals surface area contributed by atoms with E-state index < -0.39 is 22.0 Å². The van der Waals surface area contributed by atoms with Crippen LogP contribution in [0.5, 0.6) is 0 Å². The summed E-state index contributed by atoms with van der Waals surface area (Å²) in [5.74, 6) is -0.677. The highest BCUT2D eigenvalue weighted by Gasteiger charge is 2.24. The molecule has 48 heavy (non-hydrogen) atoms. The van der Waals surface area contributed by atoms with Gasteiger partial charge in [0, 0.05) is 33.7 Å². The van der Waals surface area contributed by atoms with Crippen LogP contribution in [0.1, 0.15) is 33.7 Å². The van der Waals surface area contributed by atoms with Crippen LogP contribution in [0.4, 0.5) is 16.5 Å². The van der Waals surface area contributed by atoms with Crippen molar-refractivity contribution in [3.05, 3.63) is 142 Å². The van der Waals surface area contributed by atoms with Gasteiger partial charge in [0.15, 0.2) is 0 Å². The number of hydrogen-bond acceptors (Lipinski definition) is 10. The molecular weight excluding hydrogens is 669 g/mol. The van der Waals surface area contributed by atoms with Crippen LogP contribution < -0.4 is 16.0 Å². The molecule has 0 aliphatic rings. The zero-order valence-corrected chi connectivity index (χ0v) is 27.8. The van der Waals surface area contributed by atoms with Gasteiger partial charge in [-0.05, 0) is 59.9 Å². The van der Waals surface area contributed by atoms with Crippen LogP contribution in [-0.4, -0.2) is 37.8 Å². The van der Waals surface area contributed by atoms with Gasteiger partial charge in [-0.15, -0.1) is 11.8 Å². The number of nitrogens with one attached hydrogen (secondary N) is 3. The minimum atomic E-state index is -0.683. The lowest BCUT2D eigenvalue weighted by molar-refractivity contribution is -0.385. The Labute approximate surface area is 288 Å². The minimum absolute atomic E-state index is 0.145. The number of rotatable bonds is 13. The smallest absolute Gasteiger partial charge is 0.276 e. The Morgan fingerprint density at radius 3 is 2.25 bits per heavy atom. The number of aromatic nitrogens is 2. The molecule has 242 valence electrons. The summed E-state index contributed by atoms with van der Waals surface area (Å²) in [6, 6.07) is 30.4. The van der Waals surface area contributed by atoms with Crippen LogP contribution >= 0.6 is 35.1 Å². The van der Waals surface area contributed by atoms with Gasteiger partial charge < -0.3 is 10.6 Å². The molecule has 0 aliphatic carbocycles. The lowest BCUT2D eigenvalue weighted by Gasteiger charge is -2.16. The number of nitrogens with zero attached hydrogens (tertiary/aromatic N) is 3. The zero-order chi connectivity index (χ0) is 33.9. The lowest BCUT2D eigenvalue weighted by Crippen LogP contribution is -2.30. The molecule has 0 bridgehead atoms. The molecule has 3 N–H and O–H groups in total. The fraction of sp³-hybridized carbons (Fsp3) is 0.0882. The summed E-state index contributed by atoms with van der Waals surface area (Å²) in [5, 5.41) is 20.3. The van der Waals surface area contributed by atoms with E-state index in [1.54, 1.807) is 60.7 Å². The Balaban J connectivity index is 1.34. The first-order valence-corrected chi connectivity index (χ1v) is 17.2. The molecular formula is C34H28N6O5S3. The summed E-state index contributed by atoms with van der Waals surface area (Å²) in [6.07, 6.45) is 1.27. The van der Waals surface area contributed by atoms with Gasteiger partial charge in [0.25, 0.3) is 17.5 Å². The first-order chi connectivity index (χ1) is 23.3. The van der Waals surface area contributed by atoms with Crippen molar-refractivity contribution in [2.75, 3.05) is 16.4 Å². The van der Waals surface area contributed by atoms with E-state index >= 15 is 0 Å². The predicted octanol–water partition coefficient (Wildman–Crippen LogP) is 7.44. The fourth-order valence-electron chi connectivity index (χ4n) is 4.35. The number of para-hydroxylation sites is 1. The summed E-state index contributed by atoms with van der Waals surface area (Å²) < 4.78 is 4.27. The summed E-state index contributed by atoms with van der Waals surface area (Å²) in [6.45, 7) is 2.00. The van der Waals surface area contributed by atoms with Crippen molar-refractivity contribution in [2.24, 2.45) is 0 Å². The molecule has 0 fully saturated rings. The molecule has 1 atom stereocenters. The number of hydrogen-bond donors (Lipinski definition) is 3. The number of nitro groups is 1. The van der Waals surface area contributed by atoms with Crippen LogP contribution in [0.2, 0.25) is 0 Å². The van der Waals surface area contributed by atoms with Gasteiger partial charge in [0.2, 0.25) is 16.2 Å². The number of carbonyl (C=O) groups is 3. The molecule has 5 aromatic rings. The highest BCUT2D eigenvalue weighted by molar-refractivity contribution is 8.00. The molecule has 5 rings (SSSR count). The predicted molar refractivity (Wildman–Crippen MR) is 190 cm³/mol. The maximum atomic E-state index is 13.5. The molecule has 0 aliphatic heterocycles. The van der Waals surface area contributed by atoms with Gasteiger partial charge in [0.1, 0.15) is 10.9 Å². The monoisotopic (exact) mass is 696 g/mol. The van der Waals surface area contributed by atoms with E-state index in [2.05, 4.69) is 25.3 Å². The third kappa shape index (κ3) is 9.15. The van der Waals surface area contributed by atoms with E-state index in [4.69, 9.17) is 0 Å². The van der Waals surface area contributed by atoms with Crippen LogP contribution in [0.25, 0.3) is 6.08 Å². The molecule has 0 spiro atoms. The number of thioether (sulfide) groups is 2. The van der Waals surface area contributed by atoms with Crippen molar-refractivity contribution < 1.29 is 19.3 Å². The Hall–Kier alpha value is -5.31. The third-order valence-corrected chi connectivity index (χ3v) is 9.32. The molecule has 0 saturated carbocycles. The maximum Gasteiger partial charge on any atom is 0.276 e. The van der Waals surface area contributed by atoms with Crippen molar-refractivity contribution in [3.8, 4) is 0 Å². The Morgan fingerprint density at radius 1 is 0.896 bits per heavy atom. The summed E-state index contributed by atoms with van der Waals surface area (Å²) in [7, 11) is 0. The molecule has 1 unspecified atom stereocenters. The molecule has 1 aromatic heterocycles. The SMILES string of the molecule is CCSc1nsc(NC(=O)C(Sc2ccc(NC(=O)/C(=C/c3ccccc3[N+](=O)[O-])NC(=O)c3ccccc3)cc2)c2ccccc2)n1. The minimum Gasteiger partial charge on any atom is -0.321 e. The number of benzene rings is 4. The van der Waals surface area contributed by atoms with Crippen LogP contribution in [0, 0.1) is 10.1 Å². The van der Waals surface area contributed by atoms with Gasteiger partial charge in [-0.2, -0.15) is 9.36 Å². The summed E-state index contributed by atoms with van der Waals surface area (Å²) in [5.41, 5.74) is 1.25. The van der Waals surface area contributed by atoms with Gasteiger partial charge in [-0.25, -0.2) is 0 Å². The zero-order valence-electron chi connectivity index (χ0n) is 25.4. The highest BCUT2D eigenvalue weighted by Crippen LogP contribution is 2.37. The summed E-state index contributed by atoms with van der Waals surface area (Å²) >= 11 is 3.94. The van der Waals surface area contributed by atoms with Gasteiger partial charge in [0.05, 0.1) is 10.5 Å². The molecule has 4 aromatic carbocycles. The number of nitro benzene ring substituents is 1. The standard InChI is InChI=1S/C34H28N6O5S3/c1-2-46-34-38-33(48-39-34)37-32(43)29(22-11-5-3-6-12-22)47-26-19-17-25(18-20-26)35-31(42)27(36-30(41)23-13-7-4-8-14-23)21-24-15-9-10-16-28(24)40(44)45/h3-21,29H,2H2,1H3,(H,35,42)(H,36,41)(H,37,38,39,43)/b27-21-. The second-order valence-electron chi connectivity index (χ2n) is 9.89. The number of amides is 3. The quantitative estimate of drug-likeness (QED) is 0.0493. The Kier molecular flexibility index (Phi) is 11.7. The van der Waals surface area contributed by atoms with E-state index in [0.717, 1.165) is 27.7 Å². The number of anilines is 2. The van der Waals surface area contributed by atoms with E-state index in [1.165, 1.54) is 47.8 Å². The van der Waals surface area contributed by atoms with Crippen molar-refractivity contribution in [3.63, 3.8) is 0 Å². The highest BCUT2D eigenvalue weighted by atomic mass is 32.2. The normalized spacial score (nSPS) is 11.7. The van der Waals surface area contributed by atoms with Crippen molar-refractivity contribution in [2.45, 2.75) is 22.2 Å². The van der Waals surface area contributed by atoms with Gasteiger partial charge in [-0.3, -0.25) is 29.8 Å². The van der Waals surface area contributed by atoms with Crippen molar-refractivity contribution >= 4 is 75.4 Å². The van der Waals surface area contributed by atoms with Crippen LogP contribution in [0.3, 0.4) is 0 Å². The average Bonchev–Trinajstić information content (AvgIpc) is 3.55. The Bertz CT molecular complexity index is 1940. The fourth-order valence-corrected chi connectivity index (χ4v) is 6.64. The van der Waals surface area contributed by atoms with E-state index in [9.17, 15) is 24.5 Å². The first-order valence-electron chi connectivity index (χ1n) is 14.5. The molecule has 3 amide bonds. The van der Waals surface area contributed by atoms with Crippen molar-refractivity contribution in [1.29, 1.82) is 0 Å². The van der Waals surface area contributed by atoms with E-state index in [-0.39, 0.29) is 22.9 Å². The van der Waals surface area contributed by atoms with Crippen molar-refractivity contribution in [1.82, 2.24) is 14.7 Å². The molecule has 14 heteroatoms. The second-order valence-corrected chi connectivity index (χ2v) is 13.0. The maximum absolute atomic E-state index is 13.5. The Morgan fingerprint density at radius 2 is 1.56 bits per heavy atom. The van der Waals surface area contributed by atoms with Crippen LogP contribution in [0.15, 0.2) is 125 Å². The molecule has 1 heterocycles. The molecule has 0 saturated heterocycles. The van der Waals surface area contributed by atoms with E-state index in [1.807, 2.05) is 37.3 Å². The largest absolute Gasteiger partial charge is 0.321 e. The van der Waals surface area contributed by atoms with Gasteiger partial charge in [-0.1, -0.05) is 79.3 Å². The topological polar surface area (TPSA) is 156 Å². The van der Waals surface area contributed by atoms with Crippen LogP contribution in [-0.2, 0) is 9.59 Å². The van der Waals surface area contributed by atoms with Gasteiger partial charge >= 0.3 is 0 Å². The average molecular weight is 697 g/mol. The number of carbonyl (C=O) groups excluding carboxylic acids is 3. The lowest BCUT2D eigenvalue weighted by atomic mass is 10.1. The van der Waals surface area contributed by atoms with E-state index in [0.29, 0.717) is 21.5 Å². The summed E-state index contributed by atoms with van der Waals surface area (Å²) in [4.78, 5) is 56.1. The second kappa shape index (κ2) is 16.5.